The lowest BCUT2D eigenvalue weighted by Gasteiger charge is -2.18. The predicted octanol–water partition coefficient (Wildman–Crippen LogP) is -0.101. The maximum absolute atomic E-state index is 11.6. The van der Waals surface area contributed by atoms with Crippen LogP contribution in [0.5, 0.6) is 0 Å². The lowest BCUT2D eigenvalue weighted by molar-refractivity contribution is -0.129. The quantitative estimate of drug-likeness (QED) is 0.627. The van der Waals surface area contributed by atoms with Crippen molar-refractivity contribution in [2.24, 2.45) is 5.73 Å². The van der Waals surface area contributed by atoms with Gasteiger partial charge in [-0.1, -0.05) is 13.3 Å². The zero-order valence-corrected chi connectivity index (χ0v) is 9.79. The van der Waals surface area contributed by atoms with Gasteiger partial charge in [-0.3, -0.25) is 9.59 Å². The molecule has 5 heteroatoms. The highest BCUT2D eigenvalue weighted by Gasteiger charge is 2.24. The van der Waals surface area contributed by atoms with Crippen molar-refractivity contribution in [1.82, 2.24) is 10.6 Å². The van der Waals surface area contributed by atoms with E-state index in [1.54, 1.807) is 0 Å². The summed E-state index contributed by atoms with van der Waals surface area (Å²) in [7, 11) is 0. The van der Waals surface area contributed by atoms with Crippen LogP contribution in [-0.4, -0.2) is 30.4 Å². The third kappa shape index (κ3) is 3.81. The molecule has 0 saturated carbocycles. The van der Waals surface area contributed by atoms with Crippen molar-refractivity contribution in [2.75, 3.05) is 6.54 Å². The number of amides is 2. The molecule has 1 saturated heterocycles. The Kier molecular flexibility index (Phi) is 5.25. The highest BCUT2D eigenvalue weighted by Crippen LogP contribution is 2.06. The number of carbonyl (C=O) groups excluding carboxylic acids is 2. The Morgan fingerprint density at radius 1 is 1.62 bits per heavy atom. The Bertz CT molecular complexity index is 256. The molecule has 0 bridgehead atoms. The van der Waals surface area contributed by atoms with Crippen molar-refractivity contribution in [2.45, 2.75) is 51.1 Å². The molecule has 4 N–H and O–H groups in total. The van der Waals surface area contributed by atoms with Crippen LogP contribution in [0.2, 0.25) is 0 Å². The van der Waals surface area contributed by atoms with Gasteiger partial charge in [-0.15, -0.1) is 0 Å². The van der Waals surface area contributed by atoms with Crippen LogP contribution in [0.1, 0.15) is 39.0 Å². The standard InChI is InChI=1S/C11H21N3O2/c1-2-5-8(12)10(15)14-9-6-3-4-7-13-11(9)16/h8-9H,2-7,12H2,1H3,(H,13,16)(H,14,15)/t8-,9?/m1/s1. The van der Waals surface area contributed by atoms with Crippen LogP contribution in [0, 0.1) is 0 Å². The molecule has 2 amide bonds. The minimum Gasteiger partial charge on any atom is -0.354 e. The number of rotatable bonds is 4. The van der Waals surface area contributed by atoms with E-state index in [0.29, 0.717) is 19.4 Å². The summed E-state index contributed by atoms with van der Waals surface area (Å²) in [4.78, 5) is 23.2. The van der Waals surface area contributed by atoms with E-state index in [1.807, 2.05) is 6.92 Å². The normalized spacial score (nSPS) is 23.1. The first-order chi connectivity index (χ1) is 7.65. The summed E-state index contributed by atoms with van der Waals surface area (Å²) >= 11 is 0. The van der Waals surface area contributed by atoms with Gasteiger partial charge in [-0.25, -0.2) is 0 Å². The molecule has 1 rings (SSSR count). The molecule has 1 aliphatic heterocycles. The van der Waals surface area contributed by atoms with Crippen molar-refractivity contribution in [3.8, 4) is 0 Å². The number of hydrogen-bond acceptors (Lipinski definition) is 3. The van der Waals surface area contributed by atoms with Crippen LogP contribution in [0.4, 0.5) is 0 Å². The first-order valence-electron chi connectivity index (χ1n) is 5.98. The maximum Gasteiger partial charge on any atom is 0.242 e. The minimum absolute atomic E-state index is 0.0884. The van der Waals surface area contributed by atoms with Gasteiger partial charge >= 0.3 is 0 Å². The largest absolute Gasteiger partial charge is 0.354 e. The minimum atomic E-state index is -0.499. The van der Waals surface area contributed by atoms with E-state index in [0.717, 1.165) is 19.3 Å². The molecule has 92 valence electrons. The summed E-state index contributed by atoms with van der Waals surface area (Å²) in [5.74, 6) is -0.307. The molecule has 1 unspecified atom stereocenters. The fourth-order valence-electron chi connectivity index (χ4n) is 1.80. The van der Waals surface area contributed by atoms with Gasteiger partial charge < -0.3 is 16.4 Å². The molecule has 0 spiro atoms. The molecular weight excluding hydrogens is 206 g/mol. The fourth-order valence-corrected chi connectivity index (χ4v) is 1.80. The van der Waals surface area contributed by atoms with Crippen molar-refractivity contribution in [3.63, 3.8) is 0 Å². The van der Waals surface area contributed by atoms with E-state index in [4.69, 9.17) is 5.73 Å². The van der Waals surface area contributed by atoms with Gasteiger partial charge in [-0.2, -0.15) is 0 Å². The number of nitrogens with two attached hydrogens (primary N) is 1. The fraction of sp³-hybridized carbons (Fsp3) is 0.818. The van der Waals surface area contributed by atoms with Gasteiger partial charge in [0.1, 0.15) is 6.04 Å². The molecule has 2 atom stereocenters. The first-order valence-corrected chi connectivity index (χ1v) is 5.98. The average Bonchev–Trinajstić information content (AvgIpc) is 2.45. The van der Waals surface area contributed by atoms with Crippen LogP contribution in [-0.2, 0) is 9.59 Å². The van der Waals surface area contributed by atoms with E-state index in [2.05, 4.69) is 10.6 Å². The highest BCUT2D eigenvalue weighted by molar-refractivity contribution is 5.89. The summed E-state index contributed by atoms with van der Waals surface area (Å²) in [5.41, 5.74) is 5.69. The van der Waals surface area contributed by atoms with Crippen molar-refractivity contribution < 1.29 is 9.59 Å². The average molecular weight is 227 g/mol. The second kappa shape index (κ2) is 6.48. The Morgan fingerprint density at radius 3 is 3.06 bits per heavy atom. The smallest absolute Gasteiger partial charge is 0.242 e. The van der Waals surface area contributed by atoms with Crippen molar-refractivity contribution in [3.05, 3.63) is 0 Å². The number of nitrogens with one attached hydrogen (secondary N) is 2. The van der Waals surface area contributed by atoms with E-state index in [-0.39, 0.29) is 11.8 Å². The number of hydrogen-bond donors (Lipinski definition) is 3. The topological polar surface area (TPSA) is 84.2 Å². The molecule has 0 aromatic heterocycles. The Hall–Kier alpha value is -1.10. The molecule has 1 aliphatic rings. The van der Waals surface area contributed by atoms with Gasteiger partial charge in [0.2, 0.25) is 11.8 Å². The lowest BCUT2D eigenvalue weighted by atomic mass is 10.1. The Morgan fingerprint density at radius 2 is 2.38 bits per heavy atom. The van der Waals surface area contributed by atoms with Crippen LogP contribution in [0.15, 0.2) is 0 Å². The molecule has 0 radical (unpaired) electrons. The van der Waals surface area contributed by atoms with Crippen LogP contribution < -0.4 is 16.4 Å². The summed E-state index contributed by atoms with van der Waals surface area (Å²) < 4.78 is 0. The van der Waals surface area contributed by atoms with Gasteiger partial charge in [0.25, 0.3) is 0 Å². The molecule has 16 heavy (non-hydrogen) atoms. The summed E-state index contributed by atoms with van der Waals surface area (Å²) in [5, 5.41) is 5.49. The van der Waals surface area contributed by atoms with E-state index >= 15 is 0 Å². The van der Waals surface area contributed by atoms with Gasteiger partial charge in [-0.05, 0) is 25.7 Å². The Labute approximate surface area is 96.1 Å². The van der Waals surface area contributed by atoms with Crippen LogP contribution in [0.3, 0.4) is 0 Å². The van der Waals surface area contributed by atoms with Crippen molar-refractivity contribution >= 4 is 11.8 Å². The number of carbonyl (C=O) groups is 2. The maximum atomic E-state index is 11.6. The molecule has 5 nitrogen and oxygen atoms in total. The molecular formula is C11H21N3O2. The predicted molar refractivity (Wildman–Crippen MR) is 61.7 cm³/mol. The monoisotopic (exact) mass is 227 g/mol. The molecule has 1 fully saturated rings. The molecule has 0 aromatic rings. The first kappa shape index (κ1) is 13.0. The van der Waals surface area contributed by atoms with Crippen molar-refractivity contribution in [1.29, 1.82) is 0 Å². The molecule has 0 aliphatic carbocycles. The third-order valence-corrected chi connectivity index (χ3v) is 2.79. The van der Waals surface area contributed by atoms with Crippen LogP contribution >= 0.6 is 0 Å². The van der Waals surface area contributed by atoms with Gasteiger partial charge in [0, 0.05) is 6.54 Å². The molecule has 0 aromatic carbocycles. The van der Waals surface area contributed by atoms with Gasteiger partial charge in [0.15, 0.2) is 0 Å². The molecule has 1 heterocycles. The second-order valence-corrected chi connectivity index (χ2v) is 4.24. The SMILES string of the molecule is CCC[C@@H](N)C(=O)NC1CCCCNC1=O. The van der Waals surface area contributed by atoms with E-state index < -0.39 is 12.1 Å². The summed E-state index contributed by atoms with van der Waals surface area (Å²) in [6.45, 7) is 2.68. The third-order valence-electron chi connectivity index (χ3n) is 2.79. The second-order valence-electron chi connectivity index (χ2n) is 4.24. The Balaban J connectivity index is 2.44. The summed E-state index contributed by atoms with van der Waals surface area (Å²) in [6, 6.07) is -0.904. The van der Waals surface area contributed by atoms with Crippen LogP contribution in [0.25, 0.3) is 0 Å². The van der Waals surface area contributed by atoms with Gasteiger partial charge in [0.05, 0.1) is 6.04 Å². The lowest BCUT2D eigenvalue weighted by Crippen LogP contribution is -2.50. The zero-order valence-electron chi connectivity index (χ0n) is 9.79. The zero-order chi connectivity index (χ0) is 12.0. The van der Waals surface area contributed by atoms with E-state index in [1.165, 1.54) is 0 Å². The highest BCUT2D eigenvalue weighted by atomic mass is 16.2. The van der Waals surface area contributed by atoms with E-state index in [9.17, 15) is 9.59 Å². The summed E-state index contributed by atoms with van der Waals surface area (Å²) in [6.07, 6.45) is 4.15.